The summed E-state index contributed by atoms with van der Waals surface area (Å²) in [5.74, 6) is -0.0839. The molecule has 4 fully saturated rings. The molecule has 2 saturated carbocycles. The summed E-state index contributed by atoms with van der Waals surface area (Å²) < 4.78 is 17.7. The zero-order valence-corrected chi connectivity index (χ0v) is 17.5. The van der Waals surface area contributed by atoms with E-state index in [1.54, 1.807) is 0 Å². The molecule has 0 spiro atoms. The van der Waals surface area contributed by atoms with Crippen molar-refractivity contribution in [3.63, 3.8) is 0 Å². The number of aliphatic hydroxyl groups is 7. The van der Waals surface area contributed by atoms with Crippen LogP contribution < -0.4 is 0 Å². The van der Waals surface area contributed by atoms with Crippen LogP contribution in [0.4, 0.5) is 0 Å². The molecule has 4 rings (SSSR count). The van der Waals surface area contributed by atoms with Gasteiger partial charge < -0.3 is 50.0 Å². The van der Waals surface area contributed by atoms with E-state index in [9.17, 15) is 35.7 Å². The summed E-state index contributed by atoms with van der Waals surface area (Å²) in [6, 6.07) is 0. The van der Waals surface area contributed by atoms with Crippen molar-refractivity contribution in [2.45, 2.75) is 112 Å². The van der Waals surface area contributed by atoms with E-state index in [0.29, 0.717) is 25.7 Å². The minimum atomic E-state index is -1.54. The van der Waals surface area contributed by atoms with Gasteiger partial charge in [0, 0.05) is 12.3 Å². The first-order valence-electron chi connectivity index (χ1n) is 11.4. The molecule has 0 aromatic heterocycles. The molecule has 0 aromatic rings. The second-order valence-electron chi connectivity index (χ2n) is 9.67. The fourth-order valence-electron chi connectivity index (χ4n) is 5.75. The number of aliphatic hydroxyl groups excluding tert-OH is 7. The number of hydrogen-bond acceptors (Lipinski definition) is 10. The summed E-state index contributed by atoms with van der Waals surface area (Å²) in [6.07, 6.45) is -5.86. The third-order valence-electron chi connectivity index (χ3n) is 7.55. The highest BCUT2D eigenvalue weighted by atomic mass is 16.7. The first-order chi connectivity index (χ1) is 14.8. The highest BCUT2D eigenvalue weighted by Crippen LogP contribution is 2.43. The SMILES string of the molecule is OC[C@H]1O[C@H](OC2CC(O)CC3OC(C4CCC(O)CC4)C(O)CC32)[C@H](O)[C@@H](O)[C@H]1O. The van der Waals surface area contributed by atoms with Crippen molar-refractivity contribution in [1.82, 2.24) is 0 Å². The van der Waals surface area contributed by atoms with E-state index >= 15 is 0 Å². The van der Waals surface area contributed by atoms with Crippen LogP contribution >= 0.6 is 0 Å². The van der Waals surface area contributed by atoms with Gasteiger partial charge in [-0.1, -0.05) is 0 Å². The standard InChI is InChI=1S/C21H36O10/c22-8-16-17(26)18(27)19(28)21(31-16)30-15-6-11(24)5-14-12(15)7-13(25)20(29-14)9-1-3-10(23)4-2-9/h9-28H,1-8H2/t9?,10?,11?,12?,13?,14?,15?,16-,17+,18+,19-,20?,21+/m1/s1. The number of ether oxygens (including phenoxy) is 3. The topological polar surface area (TPSA) is 169 Å². The Labute approximate surface area is 181 Å². The maximum atomic E-state index is 10.8. The lowest BCUT2D eigenvalue weighted by molar-refractivity contribution is -0.327. The van der Waals surface area contributed by atoms with E-state index in [1.807, 2.05) is 0 Å². The molecule has 0 bridgehead atoms. The maximum Gasteiger partial charge on any atom is 0.186 e. The minimum Gasteiger partial charge on any atom is -0.394 e. The monoisotopic (exact) mass is 448 g/mol. The van der Waals surface area contributed by atoms with Crippen LogP contribution in [0.3, 0.4) is 0 Å². The Kier molecular flexibility index (Phi) is 7.54. The zero-order chi connectivity index (χ0) is 22.3. The second-order valence-corrected chi connectivity index (χ2v) is 9.67. The minimum absolute atomic E-state index is 0.156. The molecule has 2 heterocycles. The molecule has 10 heteroatoms. The first kappa shape index (κ1) is 23.7. The fourth-order valence-corrected chi connectivity index (χ4v) is 5.75. The van der Waals surface area contributed by atoms with Gasteiger partial charge in [0.2, 0.25) is 0 Å². The third kappa shape index (κ3) is 4.93. The van der Waals surface area contributed by atoms with Gasteiger partial charge in [0.1, 0.15) is 24.4 Å². The van der Waals surface area contributed by atoms with Crippen molar-refractivity contribution in [3.8, 4) is 0 Å². The number of hydrogen-bond donors (Lipinski definition) is 7. The molecule has 10 nitrogen and oxygen atoms in total. The van der Waals surface area contributed by atoms with Crippen LogP contribution in [-0.2, 0) is 14.2 Å². The normalized spacial score (nSPS) is 53.7. The molecular weight excluding hydrogens is 412 g/mol. The zero-order valence-electron chi connectivity index (χ0n) is 17.5. The molecule has 2 saturated heterocycles. The molecule has 2 aliphatic carbocycles. The van der Waals surface area contributed by atoms with Crippen LogP contribution in [0.5, 0.6) is 0 Å². The lowest BCUT2D eigenvalue weighted by Crippen LogP contribution is -2.61. The van der Waals surface area contributed by atoms with Gasteiger partial charge in [0.15, 0.2) is 6.29 Å². The van der Waals surface area contributed by atoms with Gasteiger partial charge in [-0.3, -0.25) is 0 Å². The van der Waals surface area contributed by atoms with Crippen molar-refractivity contribution in [2.75, 3.05) is 6.61 Å². The van der Waals surface area contributed by atoms with Gasteiger partial charge >= 0.3 is 0 Å². The van der Waals surface area contributed by atoms with Crippen LogP contribution in [0.2, 0.25) is 0 Å². The molecule has 7 N–H and O–H groups in total. The van der Waals surface area contributed by atoms with E-state index in [2.05, 4.69) is 0 Å². The summed E-state index contributed by atoms with van der Waals surface area (Å²) in [5.41, 5.74) is 0. The Morgan fingerprint density at radius 2 is 1.45 bits per heavy atom. The average Bonchev–Trinajstić information content (AvgIpc) is 2.75. The summed E-state index contributed by atoms with van der Waals surface area (Å²) in [4.78, 5) is 0. The number of rotatable bonds is 4. The molecule has 4 aliphatic rings. The third-order valence-corrected chi connectivity index (χ3v) is 7.55. The molecule has 6 unspecified atom stereocenters. The molecule has 2 aliphatic heterocycles. The van der Waals surface area contributed by atoms with Crippen molar-refractivity contribution in [1.29, 1.82) is 0 Å². The summed E-state index contributed by atoms with van der Waals surface area (Å²) in [6.45, 7) is -0.552. The van der Waals surface area contributed by atoms with E-state index < -0.39 is 55.6 Å². The maximum absolute atomic E-state index is 10.8. The van der Waals surface area contributed by atoms with Gasteiger partial charge in [0.25, 0.3) is 0 Å². The van der Waals surface area contributed by atoms with Gasteiger partial charge in [-0.15, -0.1) is 0 Å². The summed E-state index contributed by atoms with van der Waals surface area (Å²) in [5, 5.41) is 70.7. The predicted molar refractivity (Wildman–Crippen MR) is 105 cm³/mol. The molecule has 0 amide bonds. The van der Waals surface area contributed by atoms with E-state index in [1.165, 1.54) is 0 Å². The Morgan fingerprint density at radius 1 is 0.742 bits per heavy atom. The van der Waals surface area contributed by atoms with Gasteiger partial charge in [-0.2, -0.15) is 0 Å². The molecule has 0 aromatic carbocycles. The molecule has 31 heavy (non-hydrogen) atoms. The Hall–Kier alpha value is -0.400. The van der Waals surface area contributed by atoms with Crippen molar-refractivity contribution < 1.29 is 50.0 Å². The van der Waals surface area contributed by atoms with E-state index in [4.69, 9.17) is 14.2 Å². The van der Waals surface area contributed by atoms with Crippen molar-refractivity contribution in [2.24, 2.45) is 11.8 Å². The Morgan fingerprint density at radius 3 is 2.13 bits per heavy atom. The fraction of sp³-hybridized carbons (Fsp3) is 1.00. The van der Waals surface area contributed by atoms with Crippen LogP contribution in [0.25, 0.3) is 0 Å². The lowest BCUT2D eigenvalue weighted by Gasteiger charge is -2.50. The van der Waals surface area contributed by atoms with Gasteiger partial charge in [-0.05, 0) is 44.4 Å². The smallest absolute Gasteiger partial charge is 0.186 e. The van der Waals surface area contributed by atoms with Crippen LogP contribution in [0, 0.1) is 11.8 Å². The Bertz CT molecular complexity index is 583. The predicted octanol–water partition coefficient (Wildman–Crippen LogP) is -1.99. The summed E-state index contributed by atoms with van der Waals surface area (Å²) >= 11 is 0. The van der Waals surface area contributed by atoms with E-state index in [0.717, 1.165) is 12.8 Å². The quantitative estimate of drug-likeness (QED) is 0.256. The molecule has 11 atom stereocenters. The Balaban J connectivity index is 1.43. The highest BCUT2D eigenvalue weighted by Gasteiger charge is 2.51. The van der Waals surface area contributed by atoms with Crippen molar-refractivity contribution >= 4 is 0 Å². The van der Waals surface area contributed by atoms with E-state index in [-0.39, 0.29) is 36.6 Å². The van der Waals surface area contributed by atoms with Crippen LogP contribution in [0.15, 0.2) is 0 Å². The van der Waals surface area contributed by atoms with Crippen LogP contribution in [-0.4, -0.2) is 110 Å². The second kappa shape index (κ2) is 9.84. The summed E-state index contributed by atoms with van der Waals surface area (Å²) in [7, 11) is 0. The highest BCUT2D eigenvalue weighted by molar-refractivity contribution is 4.98. The first-order valence-corrected chi connectivity index (χ1v) is 11.4. The largest absolute Gasteiger partial charge is 0.394 e. The van der Waals surface area contributed by atoms with Gasteiger partial charge in [0.05, 0.1) is 43.2 Å². The molecule has 0 radical (unpaired) electrons. The lowest BCUT2D eigenvalue weighted by atomic mass is 9.73. The average molecular weight is 449 g/mol. The van der Waals surface area contributed by atoms with Crippen LogP contribution in [0.1, 0.15) is 44.9 Å². The number of fused-ring (bicyclic) bond motifs is 1. The van der Waals surface area contributed by atoms with Gasteiger partial charge in [-0.25, -0.2) is 0 Å². The van der Waals surface area contributed by atoms with Crippen molar-refractivity contribution in [3.05, 3.63) is 0 Å². The molecule has 180 valence electrons. The molecular formula is C21H36O10.